The molecule has 0 radical (unpaired) electrons. The van der Waals surface area contributed by atoms with Gasteiger partial charge in [0.05, 0.1) is 5.60 Å². The van der Waals surface area contributed by atoms with Gasteiger partial charge in [-0.1, -0.05) is 12.1 Å². The van der Waals surface area contributed by atoms with Crippen molar-refractivity contribution < 1.29 is 14.6 Å². The van der Waals surface area contributed by atoms with Crippen LogP contribution in [0, 0.1) is 6.92 Å². The second-order valence-corrected chi connectivity index (χ2v) is 8.96. The van der Waals surface area contributed by atoms with Crippen molar-refractivity contribution in [3.05, 3.63) is 47.9 Å². The van der Waals surface area contributed by atoms with Gasteiger partial charge in [-0.15, -0.1) is 0 Å². The Morgan fingerprint density at radius 3 is 2.69 bits per heavy atom. The Bertz CT molecular complexity index is 901. The normalized spacial score (nSPS) is 21.5. The Morgan fingerprint density at radius 1 is 1.16 bits per heavy atom. The average Bonchev–Trinajstić information content (AvgIpc) is 3.30. The van der Waals surface area contributed by atoms with Gasteiger partial charge in [0.15, 0.2) is 6.61 Å². The molecule has 0 unspecified atom stereocenters. The SMILES string of the molecule is Cc1cc(N2CCC[C@](O)(CNC(=O)COc3ccc(CN4CCCC4)cc3)C2)ncn1. The maximum absolute atomic E-state index is 12.3. The number of anilines is 1. The van der Waals surface area contributed by atoms with Crippen molar-refractivity contribution in [2.45, 2.75) is 44.8 Å². The molecule has 0 saturated carbocycles. The zero-order valence-corrected chi connectivity index (χ0v) is 18.8. The number of β-amino-alcohol motifs (C(OH)–C–C–N with tert-alkyl or cyclic N) is 1. The average molecular weight is 440 g/mol. The monoisotopic (exact) mass is 439 g/mol. The van der Waals surface area contributed by atoms with Gasteiger partial charge < -0.3 is 20.1 Å². The number of aromatic nitrogens is 2. The first-order valence-electron chi connectivity index (χ1n) is 11.5. The van der Waals surface area contributed by atoms with E-state index in [9.17, 15) is 9.90 Å². The number of nitrogens with zero attached hydrogens (tertiary/aromatic N) is 4. The van der Waals surface area contributed by atoms with Gasteiger partial charge in [0.25, 0.3) is 5.91 Å². The third-order valence-corrected chi connectivity index (χ3v) is 6.18. The number of nitrogens with one attached hydrogen (secondary N) is 1. The fraction of sp³-hybridized carbons (Fsp3) is 0.542. The minimum atomic E-state index is -0.996. The number of hydrogen-bond acceptors (Lipinski definition) is 7. The van der Waals surface area contributed by atoms with Crippen molar-refractivity contribution in [2.24, 2.45) is 0 Å². The zero-order valence-electron chi connectivity index (χ0n) is 18.8. The second kappa shape index (κ2) is 10.3. The summed E-state index contributed by atoms with van der Waals surface area (Å²) in [5, 5.41) is 13.8. The molecule has 1 amide bonds. The molecular weight excluding hydrogens is 406 g/mol. The van der Waals surface area contributed by atoms with Crippen LogP contribution in [0.5, 0.6) is 5.75 Å². The highest BCUT2D eigenvalue weighted by atomic mass is 16.5. The molecule has 8 heteroatoms. The van der Waals surface area contributed by atoms with E-state index < -0.39 is 5.60 Å². The molecule has 2 aromatic rings. The summed E-state index contributed by atoms with van der Waals surface area (Å²) in [6, 6.07) is 9.85. The van der Waals surface area contributed by atoms with Gasteiger partial charge in [0.2, 0.25) is 0 Å². The number of amides is 1. The largest absolute Gasteiger partial charge is 0.484 e. The van der Waals surface area contributed by atoms with Crippen molar-refractivity contribution >= 4 is 11.7 Å². The minimum absolute atomic E-state index is 0.0730. The molecule has 3 heterocycles. The van der Waals surface area contributed by atoms with Crippen LogP contribution in [0.1, 0.15) is 36.9 Å². The Hall–Kier alpha value is -2.71. The molecule has 2 aliphatic rings. The molecule has 2 aliphatic heterocycles. The van der Waals surface area contributed by atoms with Crippen LogP contribution in [0.4, 0.5) is 5.82 Å². The van der Waals surface area contributed by atoms with Crippen molar-refractivity contribution in [3.63, 3.8) is 0 Å². The van der Waals surface area contributed by atoms with Gasteiger partial charge in [-0.25, -0.2) is 9.97 Å². The maximum atomic E-state index is 12.3. The smallest absolute Gasteiger partial charge is 0.258 e. The van der Waals surface area contributed by atoms with Gasteiger partial charge in [-0.2, -0.15) is 0 Å². The topological polar surface area (TPSA) is 90.8 Å². The lowest BCUT2D eigenvalue weighted by atomic mass is 9.92. The summed E-state index contributed by atoms with van der Waals surface area (Å²) in [4.78, 5) is 25.2. The molecule has 0 spiro atoms. The van der Waals surface area contributed by atoms with Crippen LogP contribution in [0.25, 0.3) is 0 Å². The first-order valence-corrected chi connectivity index (χ1v) is 11.5. The molecule has 2 N–H and O–H groups in total. The van der Waals surface area contributed by atoms with E-state index in [0.717, 1.165) is 31.0 Å². The zero-order chi connectivity index (χ0) is 22.4. The molecule has 172 valence electrons. The Labute approximate surface area is 189 Å². The number of rotatable bonds is 8. The Morgan fingerprint density at radius 2 is 1.94 bits per heavy atom. The molecule has 0 bridgehead atoms. The van der Waals surface area contributed by atoms with Crippen molar-refractivity contribution in [1.29, 1.82) is 0 Å². The molecule has 4 rings (SSSR count). The Balaban J connectivity index is 1.21. The van der Waals surface area contributed by atoms with Crippen LogP contribution < -0.4 is 15.0 Å². The summed E-state index contributed by atoms with van der Waals surface area (Å²) >= 11 is 0. The fourth-order valence-corrected chi connectivity index (χ4v) is 4.42. The lowest BCUT2D eigenvalue weighted by molar-refractivity contribution is -0.124. The number of benzene rings is 1. The molecule has 32 heavy (non-hydrogen) atoms. The molecular formula is C24H33N5O3. The number of likely N-dealkylation sites (tertiary alicyclic amines) is 1. The van der Waals surface area contributed by atoms with Crippen molar-refractivity contribution in [3.8, 4) is 5.75 Å². The number of aryl methyl sites for hydroxylation is 1. The summed E-state index contributed by atoms with van der Waals surface area (Å²) in [7, 11) is 0. The Kier molecular flexibility index (Phi) is 7.22. The predicted octanol–water partition coefficient (Wildman–Crippen LogP) is 1.91. The number of hydrogen-bond donors (Lipinski definition) is 2. The van der Waals surface area contributed by atoms with E-state index in [1.807, 2.05) is 30.0 Å². The highest BCUT2D eigenvalue weighted by Crippen LogP contribution is 2.24. The third kappa shape index (κ3) is 6.17. The lowest BCUT2D eigenvalue weighted by Gasteiger charge is -2.39. The van der Waals surface area contributed by atoms with Crippen LogP contribution in [0.3, 0.4) is 0 Å². The second-order valence-electron chi connectivity index (χ2n) is 8.96. The van der Waals surface area contributed by atoms with E-state index in [4.69, 9.17) is 4.74 Å². The molecule has 1 aromatic heterocycles. The van der Waals surface area contributed by atoms with E-state index in [-0.39, 0.29) is 19.1 Å². The summed E-state index contributed by atoms with van der Waals surface area (Å²) in [5.41, 5.74) is 1.15. The summed E-state index contributed by atoms with van der Waals surface area (Å²) < 4.78 is 5.63. The van der Waals surface area contributed by atoms with Crippen LogP contribution >= 0.6 is 0 Å². The molecule has 0 aliphatic carbocycles. The van der Waals surface area contributed by atoms with Crippen LogP contribution in [0.15, 0.2) is 36.7 Å². The summed E-state index contributed by atoms with van der Waals surface area (Å²) in [5.74, 6) is 1.24. The van der Waals surface area contributed by atoms with E-state index >= 15 is 0 Å². The maximum Gasteiger partial charge on any atom is 0.258 e. The number of carbonyl (C=O) groups excluding carboxylic acids is 1. The molecule has 8 nitrogen and oxygen atoms in total. The van der Waals surface area contributed by atoms with Crippen LogP contribution in [-0.4, -0.2) is 70.8 Å². The van der Waals surface area contributed by atoms with Gasteiger partial charge in [0, 0.05) is 37.9 Å². The first-order chi connectivity index (χ1) is 15.5. The van der Waals surface area contributed by atoms with Gasteiger partial charge in [-0.05, 0) is 63.4 Å². The van der Waals surface area contributed by atoms with Crippen molar-refractivity contribution in [2.75, 3.05) is 44.2 Å². The van der Waals surface area contributed by atoms with Crippen LogP contribution in [-0.2, 0) is 11.3 Å². The molecule has 2 saturated heterocycles. The van der Waals surface area contributed by atoms with Gasteiger partial charge in [-0.3, -0.25) is 9.69 Å². The molecule has 1 aromatic carbocycles. The van der Waals surface area contributed by atoms with Gasteiger partial charge in [0.1, 0.15) is 17.9 Å². The lowest BCUT2D eigenvalue weighted by Crippen LogP contribution is -2.55. The minimum Gasteiger partial charge on any atom is -0.484 e. The molecule has 1 atom stereocenters. The van der Waals surface area contributed by atoms with Gasteiger partial charge >= 0.3 is 0 Å². The van der Waals surface area contributed by atoms with E-state index in [1.165, 1.54) is 37.8 Å². The van der Waals surface area contributed by atoms with Crippen LogP contribution in [0.2, 0.25) is 0 Å². The van der Waals surface area contributed by atoms with Crippen molar-refractivity contribution in [1.82, 2.24) is 20.2 Å². The quantitative estimate of drug-likeness (QED) is 0.649. The summed E-state index contributed by atoms with van der Waals surface area (Å²) in [6.07, 6.45) is 5.56. The van der Waals surface area contributed by atoms with E-state index in [1.54, 1.807) is 0 Å². The summed E-state index contributed by atoms with van der Waals surface area (Å²) in [6.45, 7) is 6.57. The predicted molar refractivity (Wildman–Crippen MR) is 123 cm³/mol. The highest BCUT2D eigenvalue weighted by molar-refractivity contribution is 5.77. The van der Waals surface area contributed by atoms with E-state index in [2.05, 4.69) is 32.3 Å². The molecule has 2 fully saturated rings. The fourth-order valence-electron chi connectivity index (χ4n) is 4.42. The van der Waals surface area contributed by atoms with E-state index in [0.29, 0.717) is 18.7 Å². The third-order valence-electron chi connectivity index (χ3n) is 6.18. The first kappa shape index (κ1) is 22.5. The number of piperidine rings is 1. The highest BCUT2D eigenvalue weighted by Gasteiger charge is 2.34. The number of ether oxygens (including phenoxy) is 1. The number of carbonyl (C=O) groups is 1. The number of aliphatic hydroxyl groups is 1. The standard InChI is InChI=1S/C24H33N5O3/c1-19-13-22(27-18-26-19)29-12-4-9-24(31,17-29)16-25-23(30)15-32-21-7-5-20(6-8-21)14-28-10-2-3-11-28/h5-8,13,18,31H,2-4,9-12,14-17H2,1H3,(H,25,30)/t24-/m0/s1.